The van der Waals surface area contributed by atoms with Crippen LogP contribution in [0.3, 0.4) is 0 Å². The third kappa shape index (κ3) is 3.16. The number of benzene rings is 1. The summed E-state index contributed by atoms with van der Waals surface area (Å²) < 4.78 is 6.38. The summed E-state index contributed by atoms with van der Waals surface area (Å²) in [4.78, 5) is 4.49. The number of rotatable bonds is 4. The highest BCUT2D eigenvalue weighted by Crippen LogP contribution is 2.33. The maximum absolute atomic E-state index is 5.41. The molecule has 0 spiro atoms. The molecule has 8 heteroatoms. The molecule has 1 aromatic carbocycles. The summed E-state index contributed by atoms with van der Waals surface area (Å²) in [5, 5.41) is 15.6. The topological polar surface area (TPSA) is 80.5 Å². The van der Waals surface area contributed by atoms with E-state index in [9.17, 15) is 0 Å². The molecular weight excluding hydrogens is 354 g/mol. The number of nitrogens with zero attached hydrogens (tertiary/aromatic N) is 4. The second-order valence-corrected chi connectivity index (χ2v) is 6.53. The summed E-state index contributed by atoms with van der Waals surface area (Å²) in [5.41, 5.74) is 0.970. The van der Waals surface area contributed by atoms with Crippen molar-refractivity contribution < 1.29 is 4.42 Å². The molecule has 0 fully saturated rings. The average Bonchev–Trinajstić information content (AvgIpc) is 3.08. The molecular formula is C13H12BrN5OS. The molecule has 3 rings (SSSR count). The summed E-state index contributed by atoms with van der Waals surface area (Å²) in [6.45, 7) is 3.75. The fraction of sp³-hybridized carbons (Fsp3) is 0.231. The van der Waals surface area contributed by atoms with E-state index in [1.165, 1.54) is 11.8 Å². The molecule has 0 saturated heterocycles. The van der Waals surface area contributed by atoms with Gasteiger partial charge < -0.3 is 4.42 Å². The van der Waals surface area contributed by atoms with Crippen molar-refractivity contribution in [2.24, 2.45) is 0 Å². The molecule has 1 atom stereocenters. The summed E-state index contributed by atoms with van der Waals surface area (Å²) in [6, 6.07) is 7.86. The summed E-state index contributed by atoms with van der Waals surface area (Å²) in [6.07, 6.45) is 0. The first-order chi connectivity index (χ1) is 10.1. The number of nitrogens with one attached hydrogen (secondary N) is 1. The second-order valence-electron chi connectivity index (χ2n) is 4.37. The number of thioether (sulfide) groups is 1. The Balaban J connectivity index is 1.78. The summed E-state index contributed by atoms with van der Waals surface area (Å²) in [7, 11) is 0. The molecule has 21 heavy (non-hydrogen) atoms. The van der Waals surface area contributed by atoms with Gasteiger partial charge in [0.1, 0.15) is 0 Å². The highest BCUT2D eigenvalue weighted by atomic mass is 79.9. The first-order valence-corrected chi connectivity index (χ1v) is 7.94. The van der Waals surface area contributed by atoms with Crippen molar-refractivity contribution in [1.29, 1.82) is 0 Å². The van der Waals surface area contributed by atoms with E-state index in [4.69, 9.17) is 4.42 Å². The predicted molar refractivity (Wildman–Crippen MR) is 82.8 cm³/mol. The minimum atomic E-state index is -0.00550. The molecule has 6 nitrogen and oxygen atoms in total. The smallest absolute Gasteiger partial charge is 0.229 e. The van der Waals surface area contributed by atoms with Crippen molar-refractivity contribution in [3.05, 3.63) is 40.5 Å². The molecule has 1 unspecified atom stereocenters. The van der Waals surface area contributed by atoms with Gasteiger partial charge in [-0.1, -0.05) is 45.9 Å². The van der Waals surface area contributed by atoms with E-state index in [1.54, 1.807) is 6.92 Å². The maximum atomic E-state index is 5.41. The summed E-state index contributed by atoms with van der Waals surface area (Å²) >= 11 is 4.97. The van der Waals surface area contributed by atoms with Crippen LogP contribution in [-0.4, -0.2) is 25.4 Å². The minimum Gasteiger partial charge on any atom is -0.424 e. The molecule has 2 heterocycles. The van der Waals surface area contributed by atoms with Crippen molar-refractivity contribution in [2.75, 3.05) is 0 Å². The van der Waals surface area contributed by atoms with E-state index in [0.717, 1.165) is 15.9 Å². The molecule has 0 saturated carbocycles. The number of hydrogen-bond acceptors (Lipinski definition) is 6. The number of halogens is 1. The average molecular weight is 366 g/mol. The standard InChI is InChI=1S/C13H12BrN5OS/c1-7(12-18-16-8(2)20-12)21-13-15-11(17-19-13)9-5-3-4-6-10(9)14/h3-7H,1-2H3,(H,15,17,19). The molecule has 0 radical (unpaired) electrons. The minimum absolute atomic E-state index is 0.00550. The van der Waals surface area contributed by atoms with Crippen molar-refractivity contribution >= 4 is 27.7 Å². The van der Waals surface area contributed by atoms with Gasteiger partial charge in [0.05, 0.1) is 5.25 Å². The van der Waals surface area contributed by atoms with Gasteiger partial charge in [0.15, 0.2) is 5.82 Å². The Kier molecular flexibility index (Phi) is 4.07. The first-order valence-electron chi connectivity index (χ1n) is 6.27. The van der Waals surface area contributed by atoms with Crippen LogP contribution in [0.5, 0.6) is 0 Å². The van der Waals surface area contributed by atoms with Gasteiger partial charge in [-0.15, -0.1) is 15.3 Å². The van der Waals surface area contributed by atoms with Crippen molar-refractivity contribution in [1.82, 2.24) is 25.4 Å². The third-order valence-corrected chi connectivity index (χ3v) is 4.41. The molecule has 0 aliphatic rings. The van der Waals surface area contributed by atoms with Crippen LogP contribution in [0.1, 0.15) is 24.0 Å². The van der Waals surface area contributed by atoms with Crippen LogP contribution < -0.4 is 0 Å². The first kappa shape index (κ1) is 14.3. The number of aryl methyl sites for hydroxylation is 1. The lowest BCUT2D eigenvalue weighted by Gasteiger charge is -2.01. The van der Waals surface area contributed by atoms with Gasteiger partial charge in [-0.3, -0.25) is 5.10 Å². The van der Waals surface area contributed by atoms with Crippen LogP contribution in [0.25, 0.3) is 11.4 Å². The zero-order valence-electron chi connectivity index (χ0n) is 11.4. The number of aromatic nitrogens is 5. The van der Waals surface area contributed by atoms with Crippen LogP contribution in [-0.2, 0) is 0 Å². The molecule has 3 aromatic rings. The van der Waals surface area contributed by atoms with Gasteiger partial charge in [0.2, 0.25) is 16.9 Å². The zero-order valence-corrected chi connectivity index (χ0v) is 13.8. The van der Waals surface area contributed by atoms with E-state index in [-0.39, 0.29) is 5.25 Å². The SMILES string of the molecule is Cc1nnc(C(C)Sc2n[nH]c(-c3ccccc3Br)n2)o1. The molecule has 0 aliphatic heterocycles. The molecule has 108 valence electrons. The van der Waals surface area contributed by atoms with Gasteiger partial charge in [0, 0.05) is 17.0 Å². The lowest BCUT2D eigenvalue weighted by atomic mass is 10.2. The Bertz CT molecular complexity index is 756. The predicted octanol–water partition coefficient (Wildman–Crippen LogP) is 3.78. The second kappa shape index (κ2) is 5.98. The highest BCUT2D eigenvalue weighted by Gasteiger charge is 2.17. The van der Waals surface area contributed by atoms with E-state index in [0.29, 0.717) is 16.9 Å². The monoisotopic (exact) mass is 365 g/mol. The van der Waals surface area contributed by atoms with E-state index in [1.807, 2.05) is 31.2 Å². The number of H-pyrrole nitrogens is 1. The van der Waals surface area contributed by atoms with E-state index < -0.39 is 0 Å². The Hall–Kier alpha value is -1.67. The van der Waals surface area contributed by atoms with Gasteiger partial charge in [-0.2, -0.15) is 0 Å². The Morgan fingerprint density at radius 1 is 1.29 bits per heavy atom. The maximum Gasteiger partial charge on any atom is 0.229 e. The van der Waals surface area contributed by atoms with Crippen LogP contribution in [0.4, 0.5) is 0 Å². The number of hydrogen-bond donors (Lipinski definition) is 1. The van der Waals surface area contributed by atoms with Crippen LogP contribution >= 0.6 is 27.7 Å². The third-order valence-electron chi connectivity index (χ3n) is 2.77. The van der Waals surface area contributed by atoms with Crippen molar-refractivity contribution in [2.45, 2.75) is 24.3 Å². The Morgan fingerprint density at radius 3 is 2.81 bits per heavy atom. The van der Waals surface area contributed by atoms with Crippen LogP contribution in [0.2, 0.25) is 0 Å². The number of aromatic amines is 1. The summed E-state index contributed by atoms with van der Waals surface area (Å²) in [5.74, 6) is 1.85. The molecule has 0 amide bonds. The van der Waals surface area contributed by atoms with E-state index in [2.05, 4.69) is 41.3 Å². The fourth-order valence-electron chi connectivity index (χ4n) is 1.76. The lowest BCUT2D eigenvalue weighted by molar-refractivity contribution is 0.470. The van der Waals surface area contributed by atoms with Crippen LogP contribution in [0.15, 0.2) is 38.3 Å². The highest BCUT2D eigenvalue weighted by molar-refractivity contribution is 9.10. The molecule has 0 bridgehead atoms. The fourth-order valence-corrected chi connectivity index (χ4v) is 2.98. The zero-order chi connectivity index (χ0) is 14.8. The largest absolute Gasteiger partial charge is 0.424 e. The normalized spacial score (nSPS) is 12.5. The van der Waals surface area contributed by atoms with Gasteiger partial charge in [-0.05, 0) is 13.0 Å². The van der Waals surface area contributed by atoms with Gasteiger partial charge >= 0.3 is 0 Å². The van der Waals surface area contributed by atoms with Crippen molar-refractivity contribution in [3.63, 3.8) is 0 Å². The Labute approximate surface area is 133 Å². The lowest BCUT2D eigenvalue weighted by Crippen LogP contribution is -1.89. The van der Waals surface area contributed by atoms with E-state index >= 15 is 0 Å². The van der Waals surface area contributed by atoms with Gasteiger partial charge in [-0.25, -0.2) is 4.98 Å². The Morgan fingerprint density at radius 2 is 2.10 bits per heavy atom. The molecule has 2 aromatic heterocycles. The molecule has 1 N–H and O–H groups in total. The van der Waals surface area contributed by atoms with Crippen molar-refractivity contribution in [3.8, 4) is 11.4 Å². The quantitative estimate of drug-likeness (QED) is 0.708. The van der Waals surface area contributed by atoms with Gasteiger partial charge in [0.25, 0.3) is 0 Å². The molecule has 0 aliphatic carbocycles. The van der Waals surface area contributed by atoms with Crippen LogP contribution in [0, 0.1) is 6.92 Å².